The van der Waals surface area contributed by atoms with Crippen molar-refractivity contribution in [3.8, 4) is 11.4 Å². The molecule has 0 bridgehead atoms. The van der Waals surface area contributed by atoms with Gasteiger partial charge in [0.1, 0.15) is 0 Å². The smallest absolute Gasteiger partial charge is 0.461 e. The highest BCUT2D eigenvalue weighted by Crippen LogP contribution is 2.29. The molecule has 0 radical (unpaired) electrons. The molecule has 0 aliphatic heterocycles. The van der Waals surface area contributed by atoms with Gasteiger partial charge in [-0.3, -0.25) is 0 Å². The van der Waals surface area contributed by atoms with Crippen molar-refractivity contribution < 1.29 is 27.2 Å². The fraction of sp³-hybridized carbons (Fsp3) is 0.267. The van der Waals surface area contributed by atoms with Crippen LogP contribution in [-0.2, 0) is 17.5 Å². The number of hydrogen-bond acceptors (Lipinski definition) is 7. The second kappa shape index (κ2) is 6.94. The summed E-state index contributed by atoms with van der Waals surface area (Å²) in [5.41, 5.74) is 1.25. The van der Waals surface area contributed by atoms with Crippen LogP contribution in [0.5, 0.6) is 0 Å². The molecule has 0 aliphatic rings. The fourth-order valence-electron chi connectivity index (χ4n) is 2.08. The molecule has 3 rings (SSSR count). The van der Waals surface area contributed by atoms with E-state index in [2.05, 4.69) is 25.0 Å². The van der Waals surface area contributed by atoms with E-state index in [-0.39, 0.29) is 18.1 Å². The second-order valence-corrected chi connectivity index (χ2v) is 5.14. The van der Waals surface area contributed by atoms with Crippen molar-refractivity contribution in [3.05, 3.63) is 47.6 Å². The number of rotatable bonds is 5. The van der Waals surface area contributed by atoms with Crippen LogP contribution in [0.1, 0.15) is 28.9 Å². The number of esters is 1. The van der Waals surface area contributed by atoms with Crippen LogP contribution in [0.2, 0.25) is 0 Å². The van der Waals surface area contributed by atoms with Crippen LogP contribution >= 0.6 is 0 Å². The van der Waals surface area contributed by atoms with Crippen LogP contribution in [0.15, 0.2) is 35.0 Å². The first-order valence-electron chi connectivity index (χ1n) is 7.44. The lowest BCUT2D eigenvalue weighted by Crippen LogP contribution is -2.05. The summed E-state index contributed by atoms with van der Waals surface area (Å²) in [5, 5.41) is 10.9. The van der Waals surface area contributed by atoms with E-state index < -0.39 is 18.0 Å². The third-order valence-electron chi connectivity index (χ3n) is 3.25. The molecular formula is C15H12F3N5O3. The van der Waals surface area contributed by atoms with E-state index >= 15 is 0 Å². The third-order valence-corrected chi connectivity index (χ3v) is 3.25. The maximum absolute atomic E-state index is 12.5. The van der Waals surface area contributed by atoms with Crippen LogP contribution in [0.4, 0.5) is 13.2 Å². The van der Waals surface area contributed by atoms with Gasteiger partial charge in [0.25, 0.3) is 0 Å². The molecule has 0 amide bonds. The van der Waals surface area contributed by atoms with E-state index in [0.29, 0.717) is 12.1 Å². The number of carbonyl (C=O) groups is 1. The summed E-state index contributed by atoms with van der Waals surface area (Å²) in [6.07, 6.45) is -3.24. The minimum Gasteiger partial charge on any atom is -0.461 e. The molecule has 0 saturated carbocycles. The third kappa shape index (κ3) is 3.87. The summed E-state index contributed by atoms with van der Waals surface area (Å²) in [5.74, 6) is -2.12. The summed E-state index contributed by atoms with van der Waals surface area (Å²) in [6.45, 7) is 2.23. The fourth-order valence-corrected chi connectivity index (χ4v) is 2.08. The zero-order chi connectivity index (χ0) is 18.7. The predicted molar refractivity (Wildman–Crippen MR) is 79.8 cm³/mol. The van der Waals surface area contributed by atoms with Gasteiger partial charge in [0, 0.05) is 5.56 Å². The van der Waals surface area contributed by atoms with Gasteiger partial charge in [-0.15, -0.1) is 5.10 Å². The standard InChI is InChI=1S/C15H12F3N5O3/c1-2-25-13(24)11-8-23(22-20-11)7-9-3-5-10(6-4-9)12-19-14(26-21-12)15(16,17)18/h3-6,8H,2,7H2,1H3. The highest BCUT2D eigenvalue weighted by molar-refractivity contribution is 5.86. The number of nitrogens with zero attached hydrogens (tertiary/aromatic N) is 5. The van der Waals surface area contributed by atoms with E-state index in [0.717, 1.165) is 5.56 Å². The van der Waals surface area contributed by atoms with E-state index in [9.17, 15) is 18.0 Å². The summed E-state index contributed by atoms with van der Waals surface area (Å²) in [7, 11) is 0. The summed E-state index contributed by atoms with van der Waals surface area (Å²) < 4.78 is 47.9. The molecule has 1 aromatic carbocycles. The van der Waals surface area contributed by atoms with Crippen molar-refractivity contribution in [2.75, 3.05) is 6.61 Å². The second-order valence-electron chi connectivity index (χ2n) is 5.14. The number of halogens is 3. The molecule has 2 aromatic heterocycles. The normalized spacial score (nSPS) is 11.5. The molecule has 0 saturated heterocycles. The first kappa shape index (κ1) is 17.6. The number of carbonyl (C=O) groups excluding carboxylic acids is 1. The molecule has 2 heterocycles. The summed E-state index contributed by atoms with van der Waals surface area (Å²) >= 11 is 0. The molecule has 0 spiro atoms. The molecule has 0 aliphatic carbocycles. The number of hydrogen-bond donors (Lipinski definition) is 0. The van der Waals surface area contributed by atoms with Gasteiger partial charge in [-0.1, -0.05) is 34.6 Å². The molecule has 0 fully saturated rings. The topological polar surface area (TPSA) is 95.9 Å². The van der Waals surface area contributed by atoms with Crippen molar-refractivity contribution in [1.82, 2.24) is 25.1 Å². The van der Waals surface area contributed by atoms with Crippen LogP contribution in [0.25, 0.3) is 11.4 Å². The minimum absolute atomic E-state index is 0.0925. The zero-order valence-electron chi connectivity index (χ0n) is 13.4. The van der Waals surface area contributed by atoms with Gasteiger partial charge in [0.2, 0.25) is 5.82 Å². The molecule has 0 N–H and O–H groups in total. The number of benzene rings is 1. The average Bonchev–Trinajstić information content (AvgIpc) is 3.25. The zero-order valence-corrected chi connectivity index (χ0v) is 13.4. The Balaban J connectivity index is 1.70. The lowest BCUT2D eigenvalue weighted by molar-refractivity contribution is -0.159. The Morgan fingerprint density at radius 1 is 1.27 bits per heavy atom. The maximum Gasteiger partial charge on any atom is 0.471 e. The molecular weight excluding hydrogens is 355 g/mol. The SMILES string of the molecule is CCOC(=O)c1cn(Cc2ccc(-c3noc(C(F)(F)F)n3)cc2)nn1. The molecule has 11 heteroatoms. The molecule has 8 nitrogen and oxygen atoms in total. The van der Waals surface area contributed by atoms with E-state index in [4.69, 9.17) is 4.74 Å². The number of alkyl halides is 3. The Hall–Kier alpha value is -3.24. The Morgan fingerprint density at radius 3 is 2.62 bits per heavy atom. The highest BCUT2D eigenvalue weighted by atomic mass is 19.4. The van der Waals surface area contributed by atoms with Gasteiger partial charge >= 0.3 is 18.0 Å². The largest absolute Gasteiger partial charge is 0.471 e. The van der Waals surface area contributed by atoms with Crippen molar-refractivity contribution in [2.24, 2.45) is 0 Å². The monoisotopic (exact) mass is 367 g/mol. The maximum atomic E-state index is 12.5. The van der Waals surface area contributed by atoms with Gasteiger partial charge in [0.15, 0.2) is 5.69 Å². The van der Waals surface area contributed by atoms with Crippen molar-refractivity contribution in [3.63, 3.8) is 0 Å². The van der Waals surface area contributed by atoms with Crippen LogP contribution in [-0.4, -0.2) is 37.7 Å². The van der Waals surface area contributed by atoms with E-state index in [1.807, 2.05) is 0 Å². The van der Waals surface area contributed by atoms with Crippen molar-refractivity contribution in [1.29, 1.82) is 0 Å². The first-order valence-corrected chi connectivity index (χ1v) is 7.44. The van der Waals surface area contributed by atoms with Crippen LogP contribution in [0.3, 0.4) is 0 Å². The van der Waals surface area contributed by atoms with Gasteiger partial charge in [-0.25, -0.2) is 9.48 Å². The van der Waals surface area contributed by atoms with Crippen molar-refractivity contribution >= 4 is 5.97 Å². The van der Waals surface area contributed by atoms with Gasteiger partial charge in [0.05, 0.1) is 19.3 Å². The molecule has 136 valence electrons. The van der Waals surface area contributed by atoms with E-state index in [1.54, 1.807) is 31.2 Å². The summed E-state index contributed by atoms with van der Waals surface area (Å²) in [6, 6.07) is 6.46. The number of aromatic nitrogens is 5. The Bertz CT molecular complexity index is 902. The number of ether oxygens (including phenoxy) is 1. The van der Waals surface area contributed by atoms with Gasteiger partial charge in [-0.05, 0) is 12.5 Å². The lowest BCUT2D eigenvalue weighted by atomic mass is 10.1. The Labute approximate surface area is 144 Å². The molecule has 0 atom stereocenters. The highest BCUT2D eigenvalue weighted by Gasteiger charge is 2.38. The van der Waals surface area contributed by atoms with Crippen LogP contribution in [0, 0.1) is 0 Å². The van der Waals surface area contributed by atoms with Gasteiger partial charge < -0.3 is 9.26 Å². The molecule has 3 aromatic rings. The van der Waals surface area contributed by atoms with Gasteiger partial charge in [-0.2, -0.15) is 18.2 Å². The summed E-state index contributed by atoms with van der Waals surface area (Å²) in [4.78, 5) is 14.9. The molecule has 26 heavy (non-hydrogen) atoms. The predicted octanol–water partition coefficient (Wildman–Crippen LogP) is 2.57. The first-order chi connectivity index (χ1) is 12.4. The Morgan fingerprint density at radius 2 is 2.00 bits per heavy atom. The molecule has 0 unspecified atom stereocenters. The Kier molecular flexibility index (Phi) is 4.69. The lowest BCUT2D eigenvalue weighted by Gasteiger charge is -2.02. The van der Waals surface area contributed by atoms with Crippen molar-refractivity contribution in [2.45, 2.75) is 19.6 Å². The minimum atomic E-state index is -4.69. The average molecular weight is 367 g/mol. The van der Waals surface area contributed by atoms with E-state index in [1.165, 1.54) is 10.9 Å². The quantitative estimate of drug-likeness (QED) is 0.640. The van der Waals surface area contributed by atoms with Crippen LogP contribution < -0.4 is 0 Å².